The molecule has 0 radical (unpaired) electrons. The number of fused-ring (bicyclic) bond motifs is 3. The van der Waals surface area contributed by atoms with Gasteiger partial charge in [0.05, 0.1) is 49.5 Å². The van der Waals surface area contributed by atoms with Gasteiger partial charge in [0.2, 0.25) is 0 Å². The molecule has 0 aliphatic carbocycles. The molecule has 6 atom stereocenters. The van der Waals surface area contributed by atoms with Crippen molar-refractivity contribution < 1.29 is 103 Å². The number of rotatable bonds is 24. The van der Waals surface area contributed by atoms with Crippen molar-refractivity contribution in [1.29, 1.82) is 0 Å². The van der Waals surface area contributed by atoms with Gasteiger partial charge in [0.15, 0.2) is 0 Å². The van der Waals surface area contributed by atoms with E-state index < -0.39 is 73.8 Å². The third kappa shape index (κ3) is 19.1. The fraction of sp³-hybridized carbons (Fsp3) is 0.292. The minimum Gasteiger partial charge on any atom is -0.550 e. The van der Waals surface area contributed by atoms with Crippen LogP contribution in [0, 0.1) is 17.5 Å². The average Bonchev–Trinajstić information content (AvgIpc) is 1.63. The zero-order valence-corrected chi connectivity index (χ0v) is 53.9. The number of hydrogen-bond donors (Lipinski definition) is 8. The molecule has 0 saturated heterocycles. The second kappa shape index (κ2) is 33.4. The predicted octanol–water partition coefficient (Wildman–Crippen LogP) is 9.55. The van der Waals surface area contributed by atoms with E-state index in [2.05, 4.69) is 55.2 Å². The van der Waals surface area contributed by atoms with Gasteiger partial charge in [0.25, 0.3) is 0 Å². The van der Waals surface area contributed by atoms with Gasteiger partial charge in [-0.1, -0.05) is 109 Å². The molecule has 0 aliphatic rings. The normalized spacial score (nSPS) is 13.8. The van der Waals surface area contributed by atoms with Crippen LogP contribution in [0.1, 0.15) is 115 Å². The van der Waals surface area contributed by atoms with Crippen LogP contribution in [0.25, 0.3) is 84.3 Å². The number of halogens is 3. The van der Waals surface area contributed by atoms with Crippen molar-refractivity contribution in [2.24, 2.45) is 0 Å². The molecule has 0 aliphatic heterocycles. The van der Waals surface area contributed by atoms with Crippen molar-refractivity contribution in [3.05, 3.63) is 198 Å². The summed E-state index contributed by atoms with van der Waals surface area (Å²) in [5, 5.41) is 91.4. The molecule has 0 unspecified atom stereocenters. The fourth-order valence-electron chi connectivity index (χ4n) is 11.3. The first-order valence-corrected chi connectivity index (χ1v) is 29.8. The van der Waals surface area contributed by atoms with Gasteiger partial charge in [0.1, 0.15) is 17.5 Å². The first-order chi connectivity index (χ1) is 42.8. The van der Waals surface area contributed by atoms with Crippen molar-refractivity contribution in [3.8, 4) is 33.4 Å². The fourth-order valence-corrected chi connectivity index (χ4v) is 11.3. The molecule has 19 heteroatoms. The molecule has 15 nitrogen and oxygen atoms in total. The number of aliphatic carboxylic acids is 3. The zero-order chi connectivity index (χ0) is 65.5. The van der Waals surface area contributed by atoms with Crippen LogP contribution in [0.15, 0.2) is 164 Å². The Kier molecular flexibility index (Phi) is 26.5. The van der Waals surface area contributed by atoms with Crippen molar-refractivity contribution in [2.45, 2.75) is 135 Å². The first-order valence-electron chi connectivity index (χ1n) is 29.8. The summed E-state index contributed by atoms with van der Waals surface area (Å²) in [6.45, 7) is 12.4. The quantitative estimate of drug-likeness (QED) is 0.0264. The van der Waals surface area contributed by atoms with E-state index in [1.807, 2.05) is 72.8 Å². The van der Waals surface area contributed by atoms with Gasteiger partial charge in [0, 0.05) is 116 Å². The van der Waals surface area contributed by atoms with E-state index in [0.29, 0.717) is 0 Å². The van der Waals surface area contributed by atoms with Gasteiger partial charge >= 0.3 is 41.5 Å². The Morgan fingerprint density at radius 2 is 0.648 bits per heavy atom. The molecule has 6 aromatic carbocycles. The van der Waals surface area contributed by atoms with Gasteiger partial charge in [-0.05, 0) is 131 Å². The number of aliphatic hydroxyl groups is 6. The monoisotopic (exact) mass is 1260 g/mol. The molecular formula is C72H77F3N3NaO12. The molecule has 8 N–H and O–H groups in total. The summed E-state index contributed by atoms with van der Waals surface area (Å²) in [6.07, 6.45) is 1.90. The van der Waals surface area contributed by atoms with Crippen LogP contribution in [-0.4, -0.2) is 109 Å². The van der Waals surface area contributed by atoms with E-state index >= 15 is 0 Å². The van der Waals surface area contributed by atoms with E-state index in [9.17, 15) is 63.3 Å². The van der Waals surface area contributed by atoms with Crippen molar-refractivity contribution in [3.63, 3.8) is 0 Å². The Bertz CT molecular complexity index is 3570. The number of carbonyl (C=O) groups is 3. The van der Waals surface area contributed by atoms with Crippen molar-refractivity contribution in [2.75, 3.05) is 0 Å². The topological polar surface area (TPSA) is 251 Å². The number of benzene rings is 6. The van der Waals surface area contributed by atoms with Gasteiger partial charge in [-0.2, -0.15) is 0 Å². The predicted molar refractivity (Wildman–Crippen MR) is 344 cm³/mol. The Labute approximate surface area is 548 Å². The molecule has 0 amide bonds. The molecule has 3 heterocycles. The van der Waals surface area contributed by atoms with Crippen molar-refractivity contribution >= 4 is 68.8 Å². The molecular weight excluding hydrogens is 1180 g/mol. The van der Waals surface area contributed by atoms with Gasteiger partial charge < -0.3 is 64.5 Å². The molecule has 0 bridgehead atoms. The van der Waals surface area contributed by atoms with Gasteiger partial charge in [-0.25, -0.2) is 13.2 Å². The van der Waals surface area contributed by atoms with E-state index in [0.717, 1.165) is 83.2 Å². The second-order valence-corrected chi connectivity index (χ2v) is 23.0. The SMILES string of the molecule is CC(C)n1c(/C=C/[C@@H](O)C[C@@H](O)CC(=O)O)c(-c2ccc(F)cc2)c2ccccc21.CC(C)n1c(/C=C/[C@@H](O)C[C@@H](O)CC(=O)O)c(-c2ccc(F)cc2)c2ccccc21.CC(C)n1c(/C=C/[C@@H](O)C[C@@H](O)CC(=O)[O-])c(-c2ccc(F)cc2)c2ccccc21.[Na+]. The number of nitrogens with zero attached hydrogens (tertiary/aromatic N) is 3. The van der Waals surface area contributed by atoms with E-state index in [1.54, 1.807) is 72.9 Å². The summed E-state index contributed by atoms with van der Waals surface area (Å²) in [6, 6.07) is 43.0. The second-order valence-electron chi connectivity index (χ2n) is 23.0. The van der Waals surface area contributed by atoms with Crippen LogP contribution >= 0.6 is 0 Å². The summed E-state index contributed by atoms with van der Waals surface area (Å²) in [5.41, 5.74) is 10.9. The maximum atomic E-state index is 13.5. The maximum absolute atomic E-state index is 13.5. The summed E-state index contributed by atoms with van der Waals surface area (Å²) >= 11 is 0. The van der Waals surface area contributed by atoms with Gasteiger partial charge in [-0.3, -0.25) is 9.59 Å². The Morgan fingerprint density at radius 1 is 0.407 bits per heavy atom. The number of carbonyl (C=O) groups excluding carboxylic acids is 1. The van der Waals surface area contributed by atoms with Crippen LogP contribution in [0.4, 0.5) is 13.2 Å². The zero-order valence-electron chi connectivity index (χ0n) is 51.9. The minimum absolute atomic E-state index is 0. The van der Waals surface area contributed by atoms with E-state index in [-0.39, 0.29) is 84.4 Å². The number of aliphatic hydroxyl groups excluding tert-OH is 6. The number of carboxylic acid groups (broad SMARTS) is 3. The number of hydrogen-bond acceptors (Lipinski definition) is 10. The molecule has 91 heavy (non-hydrogen) atoms. The summed E-state index contributed by atoms with van der Waals surface area (Å²) in [4.78, 5) is 32.1. The van der Waals surface area contributed by atoms with Crippen LogP contribution in [0.5, 0.6) is 0 Å². The third-order valence-electron chi connectivity index (χ3n) is 15.0. The molecule has 9 aromatic rings. The molecule has 0 fully saturated rings. The number of carboxylic acids is 3. The summed E-state index contributed by atoms with van der Waals surface area (Å²) in [7, 11) is 0. The molecule has 0 spiro atoms. The van der Waals surface area contributed by atoms with Crippen molar-refractivity contribution in [1.82, 2.24) is 13.7 Å². The van der Waals surface area contributed by atoms with Crippen LogP contribution in [0.3, 0.4) is 0 Å². The van der Waals surface area contributed by atoms with Crippen LogP contribution < -0.4 is 34.7 Å². The van der Waals surface area contributed by atoms with Crippen LogP contribution in [0.2, 0.25) is 0 Å². The summed E-state index contributed by atoms with van der Waals surface area (Å²) < 4.78 is 46.9. The van der Waals surface area contributed by atoms with E-state index in [1.165, 1.54) is 36.4 Å². The Hall–Kier alpha value is -7.88. The molecule has 9 rings (SSSR count). The smallest absolute Gasteiger partial charge is 0.550 e. The first kappa shape index (κ1) is 72.2. The minimum atomic E-state index is -1.36. The Balaban J connectivity index is 0.000000216. The maximum Gasteiger partial charge on any atom is 1.00 e. The molecule has 3 aromatic heterocycles. The number of para-hydroxylation sites is 3. The number of aromatic nitrogens is 3. The Morgan fingerprint density at radius 3 is 0.879 bits per heavy atom. The average molecular weight is 1260 g/mol. The van der Waals surface area contributed by atoms with E-state index in [4.69, 9.17) is 10.2 Å². The largest absolute Gasteiger partial charge is 1.00 e. The van der Waals surface area contributed by atoms with Gasteiger partial charge in [-0.15, -0.1) is 0 Å². The molecule has 474 valence electrons. The standard InChI is InChI=1S/3C24H26FNO4.Na/c3*1-15(2)26-21-6-4-3-5-20(21)24(16-7-9-17(25)10-8-16)22(26)12-11-18(27)13-19(28)14-23(29)30;/h3*3-12,15,18-19,27-28H,13-14H2,1-2H3,(H,29,30);/q;;;+1/p-1/b3*12-11+;/t3*18-,19-;/m111./s1. The summed E-state index contributed by atoms with van der Waals surface area (Å²) in [5.74, 6) is -4.54. The molecule has 0 saturated carbocycles. The van der Waals surface area contributed by atoms with Crippen LogP contribution in [-0.2, 0) is 14.4 Å². The third-order valence-corrected chi connectivity index (χ3v) is 15.0.